The van der Waals surface area contributed by atoms with Crippen LogP contribution in [-0.2, 0) is 6.54 Å². The summed E-state index contributed by atoms with van der Waals surface area (Å²) in [7, 11) is 0. The van der Waals surface area contributed by atoms with Gasteiger partial charge < -0.3 is 20.5 Å². The van der Waals surface area contributed by atoms with Gasteiger partial charge in [0, 0.05) is 43.6 Å². The minimum Gasteiger partial charge on any atom is -0.333 e. The summed E-state index contributed by atoms with van der Waals surface area (Å²) in [5.74, 6) is 0.112. The summed E-state index contributed by atoms with van der Waals surface area (Å²) >= 11 is 0. The maximum absolute atomic E-state index is 13.5. The van der Waals surface area contributed by atoms with Crippen LogP contribution in [0, 0.1) is 6.92 Å². The van der Waals surface area contributed by atoms with E-state index in [0.29, 0.717) is 6.54 Å². The van der Waals surface area contributed by atoms with Crippen LogP contribution in [0.2, 0.25) is 0 Å². The summed E-state index contributed by atoms with van der Waals surface area (Å²) in [6.45, 7) is 7.23. The number of hydrogen-bond acceptors (Lipinski definition) is 3. The molecule has 0 bridgehead atoms. The molecule has 0 radical (unpaired) electrons. The lowest BCUT2D eigenvalue weighted by molar-refractivity contribution is 0.0656. The van der Waals surface area contributed by atoms with Gasteiger partial charge in [-0.2, -0.15) is 0 Å². The number of nitrogens with one attached hydrogen (secondary N) is 1. The van der Waals surface area contributed by atoms with E-state index >= 15 is 0 Å². The van der Waals surface area contributed by atoms with Crippen molar-refractivity contribution in [2.75, 3.05) is 19.6 Å². The van der Waals surface area contributed by atoms with Crippen LogP contribution in [0.3, 0.4) is 0 Å². The average Bonchev–Trinajstić information content (AvgIpc) is 3.27. The topological polar surface area (TPSA) is 63.3 Å². The van der Waals surface area contributed by atoms with Crippen molar-refractivity contribution in [1.29, 1.82) is 0 Å². The Labute approximate surface area is 232 Å². The molecule has 1 aliphatic heterocycles. The van der Waals surface area contributed by atoms with Crippen molar-refractivity contribution in [3.8, 4) is 16.9 Å². The summed E-state index contributed by atoms with van der Waals surface area (Å²) in [6, 6.07) is 32.7. The Morgan fingerprint density at radius 3 is 2.03 bits per heavy atom. The fourth-order valence-corrected chi connectivity index (χ4v) is 4.50. The normalized spacial score (nSPS) is 14.5. The molecule has 1 saturated heterocycles. The molecule has 0 saturated carbocycles. The first-order valence-corrected chi connectivity index (χ1v) is 12.2. The van der Waals surface area contributed by atoms with Crippen LogP contribution in [0.15, 0.2) is 97.1 Å². The van der Waals surface area contributed by atoms with E-state index in [1.54, 1.807) is 0 Å². The lowest BCUT2D eigenvalue weighted by Crippen LogP contribution is -2.52. The Bertz CT molecular complexity index is 1230. The van der Waals surface area contributed by atoms with Gasteiger partial charge in [0.25, 0.3) is 5.91 Å². The molecule has 1 aromatic heterocycles. The summed E-state index contributed by atoms with van der Waals surface area (Å²) in [5, 5.41) is 3.36. The zero-order chi connectivity index (χ0) is 24.6. The molecule has 2 heterocycles. The van der Waals surface area contributed by atoms with Crippen molar-refractivity contribution in [2.24, 2.45) is 5.73 Å². The van der Waals surface area contributed by atoms with E-state index in [4.69, 9.17) is 5.73 Å². The number of amides is 1. The number of aromatic nitrogens is 1. The molecule has 3 N–H and O–H groups in total. The third-order valence-corrected chi connectivity index (χ3v) is 6.32. The lowest BCUT2D eigenvalue weighted by Gasteiger charge is -2.34. The molecule has 7 heteroatoms. The maximum atomic E-state index is 13.5. The molecule has 0 aliphatic carbocycles. The minimum atomic E-state index is 0. The maximum Gasteiger partial charge on any atom is 0.256 e. The number of hydrogen-bond donors (Lipinski definition) is 2. The number of carbonyl (C=O) groups excluding carboxylic acids is 1. The van der Waals surface area contributed by atoms with E-state index in [0.717, 1.165) is 47.8 Å². The van der Waals surface area contributed by atoms with Gasteiger partial charge in [-0.3, -0.25) is 4.79 Å². The van der Waals surface area contributed by atoms with Crippen molar-refractivity contribution in [2.45, 2.75) is 26.4 Å². The van der Waals surface area contributed by atoms with E-state index in [9.17, 15) is 4.79 Å². The number of carbonyl (C=O) groups is 1. The van der Waals surface area contributed by atoms with Crippen LogP contribution in [0.4, 0.5) is 0 Å². The zero-order valence-electron chi connectivity index (χ0n) is 21.3. The van der Waals surface area contributed by atoms with E-state index < -0.39 is 0 Å². The van der Waals surface area contributed by atoms with Gasteiger partial charge in [0.05, 0.1) is 11.3 Å². The third kappa shape index (κ3) is 7.24. The van der Waals surface area contributed by atoms with Crippen LogP contribution in [-0.4, -0.2) is 41.1 Å². The highest BCUT2D eigenvalue weighted by Crippen LogP contribution is 2.32. The first-order valence-electron chi connectivity index (χ1n) is 12.2. The Morgan fingerprint density at radius 1 is 0.919 bits per heavy atom. The predicted octanol–water partition coefficient (Wildman–Crippen LogP) is 5.88. The number of halogens is 2. The average molecular weight is 540 g/mol. The van der Waals surface area contributed by atoms with Crippen LogP contribution in [0.5, 0.6) is 0 Å². The van der Waals surface area contributed by atoms with Crippen molar-refractivity contribution in [3.63, 3.8) is 0 Å². The second-order valence-corrected chi connectivity index (χ2v) is 8.83. The van der Waals surface area contributed by atoms with Crippen LogP contribution >= 0.6 is 24.8 Å². The highest BCUT2D eigenvalue weighted by Gasteiger charge is 2.29. The van der Waals surface area contributed by atoms with Crippen molar-refractivity contribution in [3.05, 3.63) is 114 Å². The molecule has 1 aliphatic rings. The van der Waals surface area contributed by atoms with E-state index in [1.165, 1.54) is 5.56 Å². The number of aryl methyl sites for hydroxylation is 1. The fourth-order valence-electron chi connectivity index (χ4n) is 4.50. The first kappa shape index (κ1) is 30.1. The summed E-state index contributed by atoms with van der Waals surface area (Å²) in [4.78, 5) is 15.5. The molecule has 5 rings (SSSR count). The van der Waals surface area contributed by atoms with E-state index in [1.807, 2.05) is 77.7 Å². The van der Waals surface area contributed by atoms with Gasteiger partial charge in [-0.05, 0) is 43.2 Å². The van der Waals surface area contributed by atoms with Crippen LogP contribution < -0.4 is 11.1 Å². The smallest absolute Gasteiger partial charge is 0.256 e. The Hall–Kier alpha value is -3.09. The van der Waals surface area contributed by atoms with Crippen LogP contribution in [0.1, 0.15) is 28.5 Å². The Balaban J connectivity index is 0.000000415. The summed E-state index contributed by atoms with van der Waals surface area (Å²) in [6.07, 6.45) is 0. The van der Waals surface area contributed by atoms with E-state index in [-0.39, 0.29) is 36.8 Å². The number of rotatable bonds is 4. The van der Waals surface area contributed by atoms with Crippen molar-refractivity contribution >= 4 is 30.7 Å². The quantitative estimate of drug-likeness (QED) is 0.341. The molecule has 196 valence electrons. The van der Waals surface area contributed by atoms with Gasteiger partial charge in [0.2, 0.25) is 0 Å². The second-order valence-electron chi connectivity index (χ2n) is 8.83. The molecule has 37 heavy (non-hydrogen) atoms. The van der Waals surface area contributed by atoms with Gasteiger partial charge in [-0.15, -0.1) is 24.8 Å². The number of nitrogens with two attached hydrogens (primary N) is 1. The number of benzene rings is 3. The lowest BCUT2D eigenvalue weighted by atomic mass is 10.1. The molecule has 4 aromatic rings. The van der Waals surface area contributed by atoms with Gasteiger partial charge in [-0.25, -0.2) is 0 Å². The molecule has 5 nitrogen and oxygen atoms in total. The molecule has 3 aromatic carbocycles. The summed E-state index contributed by atoms with van der Waals surface area (Å²) < 4.78 is 2.19. The van der Waals surface area contributed by atoms with Gasteiger partial charge in [0.1, 0.15) is 0 Å². The number of para-hydroxylation sites is 1. The highest BCUT2D eigenvalue weighted by atomic mass is 35.5. The molecule has 1 atom stereocenters. The molecule has 1 fully saturated rings. The monoisotopic (exact) mass is 538 g/mol. The third-order valence-electron chi connectivity index (χ3n) is 6.32. The number of nitrogens with zero attached hydrogens (tertiary/aromatic N) is 2. The summed E-state index contributed by atoms with van der Waals surface area (Å²) in [5.41, 5.74) is 11.5. The first-order chi connectivity index (χ1) is 17.1. The highest BCUT2D eigenvalue weighted by molar-refractivity contribution is 6.01. The molecular formula is C30H36Cl2N4O. The fraction of sp³-hybridized carbons (Fsp3) is 0.233. The SMILES string of the molecule is Cc1cc(C(=O)N2CCNC[C@H]2C)c(-c2ccccc2)n1-c1ccccc1.Cl.Cl.NCc1ccccc1. The van der Waals surface area contributed by atoms with Gasteiger partial charge in [0.15, 0.2) is 0 Å². The molecule has 0 unspecified atom stereocenters. The molecular weight excluding hydrogens is 503 g/mol. The van der Waals surface area contributed by atoms with Crippen molar-refractivity contribution < 1.29 is 4.79 Å². The predicted molar refractivity (Wildman–Crippen MR) is 158 cm³/mol. The second kappa shape index (κ2) is 14.6. The number of piperazine rings is 1. The molecule has 1 amide bonds. The van der Waals surface area contributed by atoms with E-state index in [2.05, 4.69) is 48.0 Å². The van der Waals surface area contributed by atoms with Crippen LogP contribution in [0.25, 0.3) is 16.9 Å². The standard InChI is InChI=1S/C23H25N3O.C7H9N.2ClH/c1-17-15-21(23(27)25-14-13-24-16-18(25)2)22(19-9-5-3-6-10-19)26(17)20-11-7-4-8-12-20;8-6-7-4-2-1-3-5-7;;/h3-12,15,18,24H,13-14,16H2,1-2H3;1-5H,6,8H2;2*1H/t18-;;;/m1.../s1. The minimum absolute atomic E-state index is 0. The largest absolute Gasteiger partial charge is 0.333 e. The van der Waals surface area contributed by atoms with Gasteiger partial charge in [-0.1, -0.05) is 78.9 Å². The Morgan fingerprint density at radius 2 is 1.49 bits per heavy atom. The van der Waals surface area contributed by atoms with Crippen molar-refractivity contribution in [1.82, 2.24) is 14.8 Å². The molecule has 0 spiro atoms. The zero-order valence-corrected chi connectivity index (χ0v) is 23.0. The van der Waals surface area contributed by atoms with Gasteiger partial charge >= 0.3 is 0 Å². The Kier molecular flexibility index (Phi) is 11.9.